The Labute approximate surface area is 112 Å². The number of nitrogens with one attached hydrogen (secondary N) is 1. The summed E-state index contributed by atoms with van der Waals surface area (Å²) < 4.78 is 5.15. The molecule has 0 radical (unpaired) electrons. The summed E-state index contributed by atoms with van der Waals surface area (Å²) in [7, 11) is 1.59. The summed E-state index contributed by atoms with van der Waals surface area (Å²) in [4.78, 5) is 0. The van der Waals surface area contributed by atoms with Gasteiger partial charge in [-0.1, -0.05) is 0 Å². The standard InChI is InChI=1S/C13H18N2O2S/c1-9(13(8-16)18-3)15-12-6-11(17-2)5-4-10(12)7-14/h4-6,9,13,15-16H,8H2,1-3H3. The first-order valence-corrected chi connectivity index (χ1v) is 6.93. The molecule has 2 atom stereocenters. The van der Waals surface area contributed by atoms with E-state index >= 15 is 0 Å². The summed E-state index contributed by atoms with van der Waals surface area (Å²) in [6.45, 7) is 2.08. The summed E-state index contributed by atoms with van der Waals surface area (Å²) >= 11 is 1.59. The fourth-order valence-corrected chi connectivity index (χ4v) is 2.27. The Morgan fingerprint density at radius 3 is 2.78 bits per heavy atom. The molecule has 0 fully saturated rings. The Kier molecular flexibility index (Phi) is 5.83. The summed E-state index contributed by atoms with van der Waals surface area (Å²) in [6, 6.07) is 7.47. The maximum absolute atomic E-state index is 9.25. The van der Waals surface area contributed by atoms with Crippen LogP contribution in [0.15, 0.2) is 18.2 Å². The van der Waals surface area contributed by atoms with E-state index in [2.05, 4.69) is 11.4 Å². The molecule has 0 saturated carbocycles. The van der Waals surface area contributed by atoms with Gasteiger partial charge >= 0.3 is 0 Å². The highest BCUT2D eigenvalue weighted by Gasteiger charge is 2.16. The summed E-state index contributed by atoms with van der Waals surface area (Å²) in [5.74, 6) is 0.702. The molecule has 98 valence electrons. The molecule has 5 heteroatoms. The number of ether oxygens (including phenoxy) is 1. The van der Waals surface area contributed by atoms with Crippen molar-refractivity contribution in [2.75, 3.05) is 25.3 Å². The number of benzene rings is 1. The van der Waals surface area contributed by atoms with E-state index in [0.29, 0.717) is 11.3 Å². The first kappa shape index (κ1) is 14.7. The minimum Gasteiger partial charge on any atom is -0.497 e. The molecular formula is C13H18N2O2S. The average Bonchev–Trinajstić information content (AvgIpc) is 2.40. The molecule has 0 aromatic heterocycles. The van der Waals surface area contributed by atoms with Crippen LogP contribution < -0.4 is 10.1 Å². The fourth-order valence-electron chi connectivity index (χ4n) is 1.64. The zero-order valence-corrected chi connectivity index (χ0v) is 11.6. The van der Waals surface area contributed by atoms with Crippen LogP contribution in [0.5, 0.6) is 5.75 Å². The van der Waals surface area contributed by atoms with Gasteiger partial charge in [-0.15, -0.1) is 0 Å². The van der Waals surface area contributed by atoms with Crippen molar-refractivity contribution in [3.8, 4) is 11.8 Å². The molecule has 0 amide bonds. The van der Waals surface area contributed by atoms with E-state index in [4.69, 9.17) is 10.00 Å². The molecule has 0 bridgehead atoms. The first-order valence-electron chi connectivity index (χ1n) is 5.64. The normalized spacial score (nSPS) is 13.5. The Bertz CT molecular complexity index is 427. The van der Waals surface area contributed by atoms with Crippen LogP contribution in [0.25, 0.3) is 0 Å². The molecule has 0 aliphatic carbocycles. The molecule has 0 saturated heterocycles. The van der Waals surface area contributed by atoms with Crippen LogP contribution in [0.2, 0.25) is 0 Å². The van der Waals surface area contributed by atoms with Gasteiger partial charge < -0.3 is 15.2 Å². The lowest BCUT2D eigenvalue weighted by Gasteiger charge is -2.23. The van der Waals surface area contributed by atoms with Crippen LogP contribution in [0.3, 0.4) is 0 Å². The second-order valence-electron chi connectivity index (χ2n) is 3.91. The van der Waals surface area contributed by atoms with Crippen molar-refractivity contribution < 1.29 is 9.84 Å². The number of thioether (sulfide) groups is 1. The molecule has 4 nitrogen and oxygen atoms in total. The van der Waals surface area contributed by atoms with E-state index in [-0.39, 0.29) is 17.9 Å². The van der Waals surface area contributed by atoms with E-state index in [0.717, 1.165) is 5.69 Å². The van der Waals surface area contributed by atoms with Crippen molar-refractivity contribution in [2.24, 2.45) is 0 Å². The molecular weight excluding hydrogens is 248 g/mol. The number of nitrogens with zero attached hydrogens (tertiary/aromatic N) is 1. The minimum atomic E-state index is 0.0595. The highest BCUT2D eigenvalue weighted by atomic mass is 32.2. The molecule has 0 aliphatic heterocycles. The SMILES string of the molecule is COc1ccc(C#N)c(NC(C)C(CO)SC)c1. The zero-order chi connectivity index (χ0) is 13.5. The van der Waals surface area contributed by atoms with Gasteiger partial charge in [-0.25, -0.2) is 0 Å². The van der Waals surface area contributed by atoms with Gasteiger partial charge in [0.1, 0.15) is 11.8 Å². The highest BCUT2D eigenvalue weighted by molar-refractivity contribution is 7.99. The maximum atomic E-state index is 9.25. The predicted molar refractivity (Wildman–Crippen MR) is 75.2 cm³/mol. The molecule has 0 spiro atoms. The Balaban J connectivity index is 2.91. The molecule has 0 aliphatic rings. The number of aliphatic hydroxyl groups is 1. The van der Waals surface area contributed by atoms with Crippen molar-refractivity contribution in [2.45, 2.75) is 18.2 Å². The van der Waals surface area contributed by atoms with E-state index < -0.39 is 0 Å². The summed E-state index contributed by atoms with van der Waals surface area (Å²) in [5.41, 5.74) is 1.30. The lowest BCUT2D eigenvalue weighted by molar-refractivity contribution is 0.288. The van der Waals surface area contributed by atoms with Gasteiger partial charge in [0.05, 0.1) is 25.0 Å². The molecule has 1 aromatic rings. The van der Waals surface area contributed by atoms with E-state index in [1.807, 2.05) is 13.2 Å². The van der Waals surface area contributed by atoms with Crippen molar-refractivity contribution >= 4 is 17.4 Å². The average molecular weight is 266 g/mol. The Morgan fingerprint density at radius 2 is 2.28 bits per heavy atom. The third kappa shape index (κ3) is 3.56. The van der Waals surface area contributed by atoms with E-state index in [1.165, 1.54) is 0 Å². The first-order chi connectivity index (χ1) is 8.65. The van der Waals surface area contributed by atoms with Gasteiger partial charge in [-0.2, -0.15) is 17.0 Å². The number of hydrogen-bond donors (Lipinski definition) is 2. The van der Waals surface area contributed by atoms with Crippen molar-refractivity contribution in [1.29, 1.82) is 5.26 Å². The second-order valence-corrected chi connectivity index (χ2v) is 4.99. The molecule has 0 heterocycles. The zero-order valence-electron chi connectivity index (χ0n) is 10.8. The van der Waals surface area contributed by atoms with Crippen molar-refractivity contribution in [1.82, 2.24) is 0 Å². The van der Waals surface area contributed by atoms with Gasteiger partial charge in [0, 0.05) is 17.4 Å². The minimum absolute atomic E-state index is 0.0595. The molecule has 2 unspecified atom stereocenters. The Morgan fingerprint density at radius 1 is 1.56 bits per heavy atom. The number of nitriles is 1. The number of hydrogen-bond acceptors (Lipinski definition) is 5. The topological polar surface area (TPSA) is 65.3 Å². The molecule has 18 heavy (non-hydrogen) atoms. The Hall–Kier alpha value is -1.38. The van der Waals surface area contributed by atoms with Crippen LogP contribution in [0, 0.1) is 11.3 Å². The van der Waals surface area contributed by atoms with Gasteiger partial charge in [0.15, 0.2) is 0 Å². The van der Waals surface area contributed by atoms with Gasteiger partial charge in [0.2, 0.25) is 0 Å². The monoisotopic (exact) mass is 266 g/mol. The lowest BCUT2D eigenvalue weighted by Crippen LogP contribution is -2.31. The molecule has 2 N–H and O–H groups in total. The van der Waals surface area contributed by atoms with Crippen molar-refractivity contribution in [3.63, 3.8) is 0 Å². The number of anilines is 1. The fraction of sp³-hybridized carbons (Fsp3) is 0.462. The summed E-state index contributed by atoms with van der Waals surface area (Å²) in [5, 5.41) is 21.7. The lowest BCUT2D eigenvalue weighted by atomic mass is 10.1. The van der Waals surface area contributed by atoms with Gasteiger partial charge in [-0.3, -0.25) is 0 Å². The van der Waals surface area contributed by atoms with Crippen LogP contribution in [0.1, 0.15) is 12.5 Å². The third-order valence-corrected chi connectivity index (χ3v) is 3.93. The quantitative estimate of drug-likeness (QED) is 0.825. The highest BCUT2D eigenvalue weighted by Crippen LogP contribution is 2.24. The predicted octanol–water partition coefficient (Wildman–Crippen LogP) is 2.09. The number of aliphatic hydroxyl groups excluding tert-OH is 1. The molecule has 1 aromatic carbocycles. The molecule has 1 rings (SSSR count). The summed E-state index contributed by atoms with van der Waals surface area (Å²) in [6.07, 6.45) is 1.95. The maximum Gasteiger partial charge on any atom is 0.121 e. The van der Waals surface area contributed by atoms with Crippen LogP contribution in [-0.2, 0) is 0 Å². The second kappa shape index (κ2) is 7.14. The van der Waals surface area contributed by atoms with Gasteiger partial charge in [-0.05, 0) is 25.3 Å². The third-order valence-electron chi connectivity index (χ3n) is 2.77. The van der Waals surface area contributed by atoms with Crippen LogP contribution in [-0.4, -0.2) is 36.4 Å². The number of rotatable bonds is 6. The number of methoxy groups -OCH3 is 1. The van der Waals surface area contributed by atoms with E-state index in [9.17, 15) is 5.11 Å². The van der Waals surface area contributed by atoms with Gasteiger partial charge in [0.25, 0.3) is 0 Å². The van der Waals surface area contributed by atoms with Crippen LogP contribution in [0.4, 0.5) is 5.69 Å². The smallest absolute Gasteiger partial charge is 0.121 e. The van der Waals surface area contributed by atoms with E-state index in [1.54, 1.807) is 37.1 Å². The largest absolute Gasteiger partial charge is 0.497 e. The van der Waals surface area contributed by atoms with Crippen LogP contribution >= 0.6 is 11.8 Å². The van der Waals surface area contributed by atoms with Crippen molar-refractivity contribution in [3.05, 3.63) is 23.8 Å².